The van der Waals surface area contributed by atoms with Gasteiger partial charge in [-0.3, -0.25) is 0 Å². The average molecular weight is 351 g/mol. The molecule has 0 bridgehead atoms. The fourth-order valence-corrected chi connectivity index (χ4v) is 2.35. The zero-order chi connectivity index (χ0) is 17.8. The fraction of sp³-hybridized carbons (Fsp3) is 0.684. The number of hydrogen-bond donors (Lipinski definition) is 6. The lowest BCUT2D eigenvalue weighted by atomic mass is 10.2. The molecule has 0 saturated carbocycles. The Hall–Kier alpha value is -1.02. The van der Waals surface area contributed by atoms with Crippen LogP contribution >= 0.6 is 0 Å². The Morgan fingerprint density at radius 2 is 0.680 bits per heavy atom. The van der Waals surface area contributed by atoms with Gasteiger partial charge in [-0.1, -0.05) is 35.9 Å². The molecule has 6 N–H and O–H groups in total. The van der Waals surface area contributed by atoms with Crippen LogP contribution in [0.4, 0.5) is 0 Å². The van der Waals surface area contributed by atoms with Crippen LogP contribution in [-0.2, 0) is 0 Å². The lowest BCUT2D eigenvalue weighted by Gasteiger charge is -2.11. The number of aryl methyl sites for hydroxylation is 1. The monoisotopic (exact) mass is 350 g/mol. The first-order valence-electron chi connectivity index (χ1n) is 9.65. The summed E-state index contributed by atoms with van der Waals surface area (Å²) in [5.74, 6) is 0. The highest BCUT2D eigenvalue weighted by atomic mass is 15.0. The van der Waals surface area contributed by atoms with E-state index in [1.54, 1.807) is 0 Å². The van der Waals surface area contributed by atoms with Crippen LogP contribution in [0, 0.1) is 6.92 Å². The molecule has 6 nitrogen and oxygen atoms in total. The number of nitrogens with one attached hydrogen (secondary N) is 6. The molecule has 0 amide bonds. The normalized spacial score (nSPS) is 19.7. The lowest BCUT2D eigenvalue weighted by Crippen LogP contribution is -2.39. The molecule has 1 saturated heterocycles. The highest BCUT2D eigenvalue weighted by molar-refractivity contribution is 5.11. The van der Waals surface area contributed by atoms with E-state index in [-0.39, 0.29) is 0 Å². The molecule has 1 aromatic carbocycles. The van der Waals surface area contributed by atoms with Gasteiger partial charge < -0.3 is 31.9 Å². The van der Waals surface area contributed by atoms with Crippen molar-refractivity contribution in [2.75, 3.05) is 78.5 Å². The Bertz CT molecular complexity index is 298. The number of rotatable bonds is 0. The molecule has 0 aromatic heterocycles. The Morgan fingerprint density at radius 1 is 0.440 bits per heavy atom. The summed E-state index contributed by atoms with van der Waals surface area (Å²) in [5, 5.41) is 20.5. The topological polar surface area (TPSA) is 72.2 Å². The quantitative estimate of drug-likeness (QED) is 0.380. The molecule has 0 atom stereocenters. The summed E-state index contributed by atoms with van der Waals surface area (Å²) in [6.07, 6.45) is 0. The maximum absolute atomic E-state index is 3.41. The first-order chi connectivity index (χ1) is 12.4. The van der Waals surface area contributed by atoms with Crippen LogP contribution in [0.1, 0.15) is 5.56 Å². The van der Waals surface area contributed by atoms with Crippen LogP contribution in [0.3, 0.4) is 0 Å². The van der Waals surface area contributed by atoms with E-state index in [0.717, 1.165) is 78.5 Å². The van der Waals surface area contributed by atoms with Crippen molar-refractivity contribution in [3.8, 4) is 0 Å². The van der Waals surface area contributed by atoms with Gasteiger partial charge in [-0.05, 0) is 6.92 Å². The third-order valence-corrected chi connectivity index (χ3v) is 3.81. The van der Waals surface area contributed by atoms with E-state index in [2.05, 4.69) is 51.0 Å². The summed E-state index contributed by atoms with van der Waals surface area (Å²) in [5.41, 5.74) is 1.32. The first-order valence-corrected chi connectivity index (χ1v) is 9.65. The Morgan fingerprint density at radius 3 is 0.840 bits per heavy atom. The minimum Gasteiger partial charge on any atom is -0.314 e. The van der Waals surface area contributed by atoms with Gasteiger partial charge in [-0.15, -0.1) is 0 Å². The third kappa shape index (κ3) is 16.2. The van der Waals surface area contributed by atoms with E-state index in [1.807, 2.05) is 18.2 Å². The maximum atomic E-state index is 3.41. The molecular weight excluding hydrogens is 312 g/mol. The largest absolute Gasteiger partial charge is 0.314 e. The molecule has 1 fully saturated rings. The van der Waals surface area contributed by atoms with Crippen LogP contribution in [0.2, 0.25) is 0 Å². The SMILES string of the molecule is C1CNCCNCCNCCNCCNCCN1.Cc1ccccc1. The van der Waals surface area contributed by atoms with E-state index in [4.69, 9.17) is 0 Å². The van der Waals surface area contributed by atoms with E-state index in [1.165, 1.54) is 5.56 Å². The van der Waals surface area contributed by atoms with Crippen molar-refractivity contribution in [3.05, 3.63) is 35.9 Å². The Kier molecular flexibility index (Phi) is 15.7. The maximum Gasteiger partial charge on any atom is 0.00772 e. The summed E-state index contributed by atoms with van der Waals surface area (Å²) in [6, 6.07) is 10.3. The minimum absolute atomic E-state index is 1.04. The predicted octanol–water partition coefficient (Wildman–Crippen LogP) is -0.467. The van der Waals surface area contributed by atoms with Gasteiger partial charge in [0, 0.05) is 78.5 Å². The lowest BCUT2D eigenvalue weighted by molar-refractivity contribution is 0.534. The predicted molar refractivity (Wildman–Crippen MR) is 108 cm³/mol. The molecule has 144 valence electrons. The molecular formula is C19H38N6. The molecule has 6 heteroatoms. The van der Waals surface area contributed by atoms with Crippen molar-refractivity contribution in [1.82, 2.24) is 31.9 Å². The van der Waals surface area contributed by atoms with Gasteiger partial charge in [0.05, 0.1) is 0 Å². The van der Waals surface area contributed by atoms with Crippen LogP contribution in [0.25, 0.3) is 0 Å². The van der Waals surface area contributed by atoms with Crippen LogP contribution in [0.5, 0.6) is 0 Å². The molecule has 2 rings (SSSR count). The highest BCUT2D eigenvalue weighted by Gasteiger charge is 1.92. The van der Waals surface area contributed by atoms with E-state index >= 15 is 0 Å². The van der Waals surface area contributed by atoms with Gasteiger partial charge in [0.15, 0.2) is 0 Å². The Labute approximate surface area is 153 Å². The van der Waals surface area contributed by atoms with Crippen LogP contribution in [0.15, 0.2) is 30.3 Å². The molecule has 25 heavy (non-hydrogen) atoms. The number of hydrogen-bond acceptors (Lipinski definition) is 6. The summed E-state index contributed by atoms with van der Waals surface area (Å²) >= 11 is 0. The summed E-state index contributed by atoms with van der Waals surface area (Å²) in [7, 11) is 0. The number of benzene rings is 1. The average Bonchev–Trinajstić information content (AvgIpc) is 2.63. The van der Waals surface area contributed by atoms with Crippen molar-refractivity contribution in [3.63, 3.8) is 0 Å². The van der Waals surface area contributed by atoms with Crippen molar-refractivity contribution in [2.45, 2.75) is 6.92 Å². The van der Waals surface area contributed by atoms with Gasteiger partial charge in [0.1, 0.15) is 0 Å². The summed E-state index contributed by atoms with van der Waals surface area (Å²) in [4.78, 5) is 0. The van der Waals surface area contributed by atoms with Crippen molar-refractivity contribution >= 4 is 0 Å². The molecule has 0 radical (unpaired) electrons. The second-order valence-electron chi connectivity index (χ2n) is 6.15. The minimum atomic E-state index is 1.04. The molecule has 0 spiro atoms. The van der Waals surface area contributed by atoms with Gasteiger partial charge in [0.25, 0.3) is 0 Å². The van der Waals surface area contributed by atoms with Gasteiger partial charge >= 0.3 is 0 Å². The van der Waals surface area contributed by atoms with Gasteiger partial charge in [-0.2, -0.15) is 0 Å². The first kappa shape index (κ1) is 22.0. The van der Waals surface area contributed by atoms with E-state index in [0.29, 0.717) is 0 Å². The van der Waals surface area contributed by atoms with E-state index in [9.17, 15) is 0 Å². The molecule has 0 unspecified atom stereocenters. The highest BCUT2D eigenvalue weighted by Crippen LogP contribution is 1.92. The third-order valence-electron chi connectivity index (χ3n) is 3.81. The zero-order valence-corrected chi connectivity index (χ0v) is 15.9. The fourth-order valence-electron chi connectivity index (χ4n) is 2.35. The van der Waals surface area contributed by atoms with Gasteiger partial charge in [0.2, 0.25) is 0 Å². The summed E-state index contributed by atoms with van der Waals surface area (Å²) < 4.78 is 0. The smallest absolute Gasteiger partial charge is 0.00772 e. The second-order valence-corrected chi connectivity index (χ2v) is 6.15. The van der Waals surface area contributed by atoms with E-state index < -0.39 is 0 Å². The standard InChI is InChI=1S/C12H30N6.C7H8/c1-2-14-5-6-16-9-10-18-12-11-17-8-7-15-4-3-13-1;1-7-5-3-2-4-6-7/h13-18H,1-12H2;2-6H,1H3. The second kappa shape index (κ2) is 17.8. The van der Waals surface area contributed by atoms with Crippen molar-refractivity contribution < 1.29 is 0 Å². The van der Waals surface area contributed by atoms with Crippen LogP contribution < -0.4 is 31.9 Å². The molecule has 0 aliphatic carbocycles. The van der Waals surface area contributed by atoms with Crippen molar-refractivity contribution in [1.29, 1.82) is 0 Å². The van der Waals surface area contributed by atoms with Gasteiger partial charge in [-0.25, -0.2) is 0 Å². The molecule has 1 aliphatic heterocycles. The molecule has 1 aromatic rings. The summed E-state index contributed by atoms with van der Waals surface area (Å²) in [6.45, 7) is 14.6. The van der Waals surface area contributed by atoms with Crippen molar-refractivity contribution in [2.24, 2.45) is 0 Å². The Balaban J connectivity index is 0.000000370. The molecule has 1 aliphatic rings. The van der Waals surface area contributed by atoms with Crippen LogP contribution in [-0.4, -0.2) is 78.5 Å². The molecule has 1 heterocycles. The zero-order valence-electron chi connectivity index (χ0n) is 15.9.